The number of hydrogen-bond acceptors (Lipinski definition) is 6. The Balaban J connectivity index is 1.08. The minimum atomic E-state index is -0.355. The molecule has 3 aliphatic rings. The standard InChI is InChI=1S/C32H44N4O4/c37-30(34-23-26-6-5-7-27(22-26)24-36-17-20-39-21-18-36)25-35-15-12-32(13-16-35)11-4-3-9-28-8-1-2-10-29(28)40-19-14-33-31(32)38/h1-2,5-8,10,22H,3-4,9,11-21,23-25H2,(H,33,38)(H,34,37). The van der Waals surface area contributed by atoms with E-state index >= 15 is 0 Å². The van der Waals surface area contributed by atoms with Crippen LogP contribution < -0.4 is 15.4 Å². The maximum absolute atomic E-state index is 13.3. The quantitative estimate of drug-likeness (QED) is 0.577. The molecule has 5 rings (SSSR count). The number of nitrogens with one attached hydrogen (secondary N) is 2. The van der Waals surface area contributed by atoms with E-state index in [4.69, 9.17) is 9.47 Å². The molecule has 0 saturated carbocycles. The second-order valence-electron chi connectivity index (χ2n) is 11.5. The third-order valence-electron chi connectivity index (χ3n) is 8.62. The van der Waals surface area contributed by atoms with Crippen LogP contribution in [-0.2, 0) is 33.8 Å². The SMILES string of the molecule is O=C(CN1CCC2(CCCCc3ccccc3OCCNC2=O)CC1)NCc1cccc(CN2CCOCC2)c1. The molecule has 40 heavy (non-hydrogen) atoms. The minimum Gasteiger partial charge on any atom is -0.491 e. The van der Waals surface area contributed by atoms with Gasteiger partial charge in [-0.2, -0.15) is 0 Å². The number of ether oxygens (including phenoxy) is 2. The lowest BCUT2D eigenvalue weighted by Crippen LogP contribution is -2.51. The van der Waals surface area contributed by atoms with E-state index in [-0.39, 0.29) is 17.2 Å². The maximum Gasteiger partial charge on any atom is 0.234 e. The number of amides is 2. The third-order valence-corrected chi connectivity index (χ3v) is 8.62. The maximum atomic E-state index is 13.3. The summed E-state index contributed by atoms with van der Waals surface area (Å²) in [5, 5.41) is 6.25. The van der Waals surface area contributed by atoms with Gasteiger partial charge in [-0.25, -0.2) is 0 Å². The molecule has 2 N–H and O–H groups in total. The van der Waals surface area contributed by atoms with Gasteiger partial charge in [0.15, 0.2) is 0 Å². The van der Waals surface area contributed by atoms with Crippen LogP contribution in [-0.4, -0.2) is 80.7 Å². The van der Waals surface area contributed by atoms with Crippen molar-refractivity contribution in [1.82, 2.24) is 20.4 Å². The van der Waals surface area contributed by atoms with Gasteiger partial charge in [-0.3, -0.25) is 19.4 Å². The Morgan fingerprint density at radius 3 is 2.55 bits per heavy atom. The van der Waals surface area contributed by atoms with Crippen molar-refractivity contribution in [2.75, 3.05) is 59.1 Å². The summed E-state index contributed by atoms with van der Waals surface area (Å²) >= 11 is 0. The number of nitrogens with zero attached hydrogens (tertiary/aromatic N) is 2. The van der Waals surface area contributed by atoms with Crippen LogP contribution in [0.1, 0.15) is 48.8 Å². The molecule has 0 radical (unpaired) electrons. The first-order valence-corrected chi connectivity index (χ1v) is 15.0. The van der Waals surface area contributed by atoms with Gasteiger partial charge in [0.2, 0.25) is 11.8 Å². The van der Waals surface area contributed by atoms with Crippen molar-refractivity contribution in [3.63, 3.8) is 0 Å². The van der Waals surface area contributed by atoms with Crippen molar-refractivity contribution in [2.45, 2.75) is 51.6 Å². The molecule has 0 bridgehead atoms. The fourth-order valence-electron chi connectivity index (χ4n) is 6.19. The molecule has 8 heteroatoms. The van der Waals surface area contributed by atoms with Gasteiger partial charge >= 0.3 is 0 Å². The highest BCUT2D eigenvalue weighted by Crippen LogP contribution is 2.37. The number of carbonyl (C=O) groups excluding carboxylic acids is 2. The summed E-state index contributed by atoms with van der Waals surface area (Å²) in [4.78, 5) is 30.7. The monoisotopic (exact) mass is 548 g/mol. The Labute approximate surface area is 238 Å². The Hall–Kier alpha value is -2.94. The van der Waals surface area contributed by atoms with Crippen molar-refractivity contribution in [2.24, 2.45) is 5.41 Å². The summed E-state index contributed by atoms with van der Waals surface area (Å²) in [6, 6.07) is 16.7. The molecule has 0 aliphatic carbocycles. The number of benzene rings is 2. The number of fused-ring (bicyclic) bond motifs is 1. The lowest BCUT2D eigenvalue weighted by molar-refractivity contribution is -0.135. The number of morpholine rings is 1. The van der Waals surface area contributed by atoms with E-state index < -0.39 is 0 Å². The number of hydrogen-bond donors (Lipinski definition) is 2. The molecular weight excluding hydrogens is 504 g/mol. The normalized spacial score (nSPS) is 20.9. The van der Waals surface area contributed by atoms with Crippen molar-refractivity contribution in [3.8, 4) is 5.75 Å². The molecule has 2 saturated heterocycles. The van der Waals surface area contributed by atoms with Crippen molar-refractivity contribution < 1.29 is 19.1 Å². The summed E-state index contributed by atoms with van der Waals surface area (Å²) in [5.74, 6) is 1.11. The Bertz CT molecular complexity index is 1130. The average Bonchev–Trinajstić information content (AvgIpc) is 2.98. The number of aryl methyl sites for hydroxylation is 1. The summed E-state index contributed by atoms with van der Waals surface area (Å²) in [7, 11) is 0. The number of piperidine rings is 1. The molecule has 3 aliphatic heterocycles. The van der Waals surface area contributed by atoms with E-state index in [9.17, 15) is 9.59 Å². The molecule has 2 amide bonds. The third kappa shape index (κ3) is 7.83. The first kappa shape index (κ1) is 28.6. The molecule has 216 valence electrons. The van der Waals surface area contributed by atoms with E-state index in [1.54, 1.807) is 0 Å². The summed E-state index contributed by atoms with van der Waals surface area (Å²) in [5.41, 5.74) is 3.27. The van der Waals surface area contributed by atoms with Crippen LogP contribution in [0.3, 0.4) is 0 Å². The van der Waals surface area contributed by atoms with Gasteiger partial charge in [-0.05, 0) is 68.0 Å². The van der Waals surface area contributed by atoms with Crippen LogP contribution in [0, 0.1) is 5.41 Å². The molecular formula is C32H44N4O4. The first-order valence-electron chi connectivity index (χ1n) is 15.0. The topological polar surface area (TPSA) is 83.1 Å². The number of para-hydroxylation sites is 1. The van der Waals surface area contributed by atoms with E-state index in [0.717, 1.165) is 95.8 Å². The van der Waals surface area contributed by atoms with Crippen LogP contribution in [0.25, 0.3) is 0 Å². The highest BCUT2D eigenvalue weighted by molar-refractivity contribution is 5.83. The summed E-state index contributed by atoms with van der Waals surface area (Å²) in [6.45, 7) is 7.82. The van der Waals surface area contributed by atoms with Crippen LogP contribution in [0.5, 0.6) is 5.75 Å². The van der Waals surface area contributed by atoms with E-state index in [0.29, 0.717) is 26.2 Å². The molecule has 0 atom stereocenters. The summed E-state index contributed by atoms with van der Waals surface area (Å²) in [6.07, 6.45) is 5.47. The van der Waals surface area contributed by atoms with Gasteiger partial charge in [-0.1, -0.05) is 48.9 Å². The van der Waals surface area contributed by atoms with Crippen molar-refractivity contribution in [3.05, 3.63) is 65.2 Å². The second-order valence-corrected chi connectivity index (χ2v) is 11.5. The number of rotatable bonds is 6. The largest absolute Gasteiger partial charge is 0.491 e. The highest BCUT2D eigenvalue weighted by atomic mass is 16.5. The molecule has 2 aromatic rings. The fraction of sp³-hybridized carbons (Fsp3) is 0.562. The lowest BCUT2D eigenvalue weighted by Gasteiger charge is -2.40. The molecule has 8 nitrogen and oxygen atoms in total. The smallest absolute Gasteiger partial charge is 0.234 e. The van der Waals surface area contributed by atoms with Crippen LogP contribution in [0.2, 0.25) is 0 Å². The van der Waals surface area contributed by atoms with Crippen LogP contribution in [0.15, 0.2) is 48.5 Å². The van der Waals surface area contributed by atoms with Gasteiger partial charge in [0, 0.05) is 26.2 Å². The zero-order valence-electron chi connectivity index (χ0n) is 23.7. The summed E-state index contributed by atoms with van der Waals surface area (Å²) < 4.78 is 11.4. The average molecular weight is 549 g/mol. The van der Waals surface area contributed by atoms with E-state index in [2.05, 4.69) is 56.8 Å². The Morgan fingerprint density at radius 1 is 0.900 bits per heavy atom. The van der Waals surface area contributed by atoms with Crippen molar-refractivity contribution >= 4 is 11.8 Å². The van der Waals surface area contributed by atoms with Crippen LogP contribution in [0.4, 0.5) is 0 Å². The molecule has 0 unspecified atom stereocenters. The van der Waals surface area contributed by atoms with E-state index in [1.165, 1.54) is 11.1 Å². The van der Waals surface area contributed by atoms with Gasteiger partial charge in [0.25, 0.3) is 0 Å². The highest BCUT2D eigenvalue weighted by Gasteiger charge is 2.41. The van der Waals surface area contributed by atoms with Gasteiger partial charge < -0.3 is 20.1 Å². The predicted octanol–water partition coefficient (Wildman–Crippen LogP) is 3.14. The fourth-order valence-corrected chi connectivity index (χ4v) is 6.19. The van der Waals surface area contributed by atoms with Gasteiger partial charge in [-0.15, -0.1) is 0 Å². The first-order chi connectivity index (χ1) is 19.6. The van der Waals surface area contributed by atoms with Gasteiger partial charge in [0.1, 0.15) is 12.4 Å². The lowest BCUT2D eigenvalue weighted by atomic mass is 9.73. The van der Waals surface area contributed by atoms with Gasteiger partial charge in [0.05, 0.1) is 31.7 Å². The van der Waals surface area contributed by atoms with Crippen LogP contribution >= 0.6 is 0 Å². The molecule has 3 heterocycles. The van der Waals surface area contributed by atoms with E-state index in [1.807, 2.05) is 12.1 Å². The Morgan fingerprint density at radius 2 is 1.70 bits per heavy atom. The Kier molecular flexibility index (Phi) is 10.1. The zero-order chi connectivity index (χ0) is 27.6. The number of carbonyl (C=O) groups is 2. The molecule has 0 aromatic heterocycles. The molecule has 2 aromatic carbocycles. The minimum absolute atomic E-state index is 0.0356. The predicted molar refractivity (Wildman–Crippen MR) is 155 cm³/mol. The van der Waals surface area contributed by atoms with Crippen molar-refractivity contribution in [1.29, 1.82) is 0 Å². The number of likely N-dealkylation sites (tertiary alicyclic amines) is 1. The second kappa shape index (κ2) is 14.1. The molecule has 1 spiro atoms. The zero-order valence-corrected chi connectivity index (χ0v) is 23.7. The molecule has 2 fully saturated rings.